The second-order valence-electron chi connectivity index (χ2n) is 12.1. The lowest BCUT2D eigenvalue weighted by Gasteiger charge is -2.13. The number of thioether (sulfide) groups is 1. The smallest absolute Gasteiger partial charge is 0.0542 e. The van der Waals surface area contributed by atoms with Crippen molar-refractivity contribution in [2.75, 3.05) is 0 Å². The molecule has 41 heavy (non-hydrogen) atoms. The molecule has 6 rings (SSSR count). The van der Waals surface area contributed by atoms with Gasteiger partial charge in [0.25, 0.3) is 0 Å². The zero-order valence-electron chi connectivity index (χ0n) is 24.8. The Balaban J connectivity index is 1.17. The third-order valence-corrected chi connectivity index (χ3v) is 11.9. The monoisotopic (exact) mass is 592 g/mol. The molecule has 3 aromatic carbocycles. The molecule has 1 atom stereocenters. The van der Waals surface area contributed by atoms with Gasteiger partial charge in [0, 0.05) is 25.1 Å². The van der Waals surface area contributed by atoms with Crippen molar-refractivity contribution in [1.82, 2.24) is 0 Å². The van der Waals surface area contributed by atoms with Crippen molar-refractivity contribution in [3.63, 3.8) is 0 Å². The first-order valence-electron chi connectivity index (χ1n) is 15.1. The number of hydrogen-bond acceptors (Lipinski definition) is 3. The third-order valence-electron chi connectivity index (χ3n) is 8.37. The fraction of sp³-hybridized carbons (Fsp3) is 0.316. The van der Waals surface area contributed by atoms with Gasteiger partial charge in [-0.15, -0.1) is 22.7 Å². The second-order valence-corrected chi connectivity index (χ2v) is 15.4. The van der Waals surface area contributed by atoms with E-state index in [2.05, 4.69) is 101 Å². The lowest BCUT2D eigenvalue weighted by Crippen LogP contribution is -1.97. The molecule has 0 nitrogen and oxygen atoms in total. The molecule has 0 bridgehead atoms. The molecular weight excluding hydrogens is 553 g/mol. The molecule has 0 saturated heterocycles. The minimum Gasteiger partial charge on any atom is -0.134 e. The number of benzene rings is 3. The average molecular weight is 593 g/mol. The van der Waals surface area contributed by atoms with Gasteiger partial charge in [-0.25, -0.2) is 0 Å². The minimum atomic E-state index is 0.828. The van der Waals surface area contributed by atoms with E-state index in [1.165, 1.54) is 93.4 Å². The Morgan fingerprint density at radius 2 is 1.63 bits per heavy atom. The van der Waals surface area contributed by atoms with Crippen LogP contribution in [-0.4, -0.2) is 0 Å². The van der Waals surface area contributed by atoms with Crippen molar-refractivity contribution >= 4 is 86.9 Å². The third kappa shape index (κ3) is 6.14. The number of hydrogen-bond donors (Lipinski definition) is 0. The number of fused-ring (bicyclic) bond motifs is 6. The Kier molecular flexibility index (Phi) is 8.58. The fourth-order valence-corrected chi connectivity index (χ4v) is 9.73. The molecular formula is C38H40S3. The lowest BCUT2D eigenvalue weighted by atomic mass is 9.94. The van der Waals surface area contributed by atoms with Crippen molar-refractivity contribution in [1.29, 1.82) is 0 Å². The predicted octanol–water partition coefficient (Wildman–Crippen LogP) is 13.6. The highest BCUT2D eigenvalue weighted by atomic mass is 32.2. The van der Waals surface area contributed by atoms with Crippen LogP contribution >= 0.6 is 34.4 Å². The SMILES string of the molecule is C=Cc1cc2sc3c4cc5ccc(SC6=CC=C(CCC(C)CCCC(C)C)C6)cc5cc4sc3c2cc1/C=C\C. The fourth-order valence-electron chi connectivity index (χ4n) is 6.02. The van der Waals surface area contributed by atoms with E-state index in [0.717, 1.165) is 18.3 Å². The summed E-state index contributed by atoms with van der Waals surface area (Å²) in [6, 6.07) is 16.5. The number of allylic oxidation sites excluding steroid dienone is 5. The summed E-state index contributed by atoms with van der Waals surface area (Å²) in [5, 5.41) is 5.42. The summed E-state index contributed by atoms with van der Waals surface area (Å²) in [6.45, 7) is 13.2. The molecule has 210 valence electrons. The van der Waals surface area contributed by atoms with Crippen molar-refractivity contribution < 1.29 is 0 Å². The second kappa shape index (κ2) is 12.3. The highest BCUT2D eigenvalue weighted by molar-refractivity contribution is 8.03. The van der Waals surface area contributed by atoms with Gasteiger partial charge in [-0.3, -0.25) is 0 Å². The first kappa shape index (κ1) is 28.5. The normalized spacial score (nSPS) is 14.8. The zero-order valence-corrected chi connectivity index (χ0v) is 27.2. The van der Waals surface area contributed by atoms with Crippen molar-refractivity contribution in [2.45, 2.75) is 71.1 Å². The molecule has 2 heterocycles. The van der Waals surface area contributed by atoms with E-state index < -0.39 is 0 Å². The maximum absolute atomic E-state index is 4.04. The van der Waals surface area contributed by atoms with Crippen LogP contribution in [0.25, 0.3) is 52.5 Å². The molecule has 1 unspecified atom stereocenters. The largest absolute Gasteiger partial charge is 0.134 e. The molecule has 0 radical (unpaired) electrons. The first-order chi connectivity index (χ1) is 19.9. The molecule has 0 saturated carbocycles. The Labute approximate surface area is 257 Å². The Morgan fingerprint density at radius 1 is 0.854 bits per heavy atom. The van der Waals surface area contributed by atoms with Crippen molar-refractivity contribution in [3.8, 4) is 0 Å². The van der Waals surface area contributed by atoms with Gasteiger partial charge in [-0.05, 0) is 101 Å². The first-order valence-corrected chi connectivity index (χ1v) is 17.5. The van der Waals surface area contributed by atoms with E-state index in [0.29, 0.717) is 0 Å². The van der Waals surface area contributed by atoms with Gasteiger partial charge < -0.3 is 0 Å². The van der Waals surface area contributed by atoms with E-state index in [-0.39, 0.29) is 0 Å². The summed E-state index contributed by atoms with van der Waals surface area (Å²) in [6.07, 6.45) is 18.8. The van der Waals surface area contributed by atoms with E-state index in [4.69, 9.17) is 0 Å². The van der Waals surface area contributed by atoms with Crippen LogP contribution in [-0.2, 0) is 0 Å². The summed E-state index contributed by atoms with van der Waals surface area (Å²) < 4.78 is 5.56. The molecule has 5 aromatic rings. The zero-order chi connectivity index (χ0) is 28.5. The molecule has 0 N–H and O–H groups in total. The summed E-state index contributed by atoms with van der Waals surface area (Å²) in [5.74, 6) is 1.66. The van der Waals surface area contributed by atoms with Gasteiger partial charge in [0.2, 0.25) is 0 Å². The summed E-state index contributed by atoms with van der Waals surface area (Å²) in [5.41, 5.74) is 4.05. The number of rotatable bonds is 11. The van der Waals surface area contributed by atoms with Gasteiger partial charge in [-0.1, -0.05) is 100 Å². The molecule has 2 aromatic heterocycles. The van der Waals surface area contributed by atoms with E-state index in [1.54, 1.807) is 5.57 Å². The highest BCUT2D eigenvalue weighted by Gasteiger charge is 2.16. The molecule has 0 fully saturated rings. The lowest BCUT2D eigenvalue weighted by molar-refractivity contribution is 0.436. The average Bonchev–Trinajstić information content (AvgIpc) is 3.64. The maximum atomic E-state index is 4.04. The van der Waals surface area contributed by atoms with Gasteiger partial charge in [0.15, 0.2) is 0 Å². The molecule has 3 heteroatoms. The Hall–Kier alpha value is -2.59. The minimum absolute atomic E-state index is 0.828. The van der Waals surface area contributed by atoms with E-state index in [1.807, 2.05) is 40.5 Å². The summed E-state index contributed by atoms with van der Waals surface area (Å²) in [4.78, 5) is 2.82. The van der Waals surface area contributed by atoms with E-state index >= 15 is 0 Å². The van der Waals surface area contributed by atoms with Crippen LogP contribution in [0.2, 0.25) is 0 Å². The van der Waals surface area contributed by atoms with Gasteiger partial charge in [0.05, 0.1) is 9.40 Å². The summed E-state index contributed by atoms with van der Waals surface area (Å²) >= 11 is 5.80. The quantitative estimate of drug-likeness (QED) is 0.147. The molecule has 0 aliphatic heterocycles. The topological polar surface area (TPSA) is 0 Å². The van der Waals surface area contributed by atoms with Crippen LogP contribution in [0.3, 0.4) is 0 Å². The number of thiophene rings is 2. The molecule has 0 spiro atoms. The molecule has 1 aliphatic carbocycles. The van der Waals surface area contributed by atoms with Crippen molar-refractivity contribution in [2.24, 2.45) is 11.8 Å². The highest BCUT2D eigenvalue weighted by Crippen LogP contribution is 2.46. The van der Waals surface area contributed by atoms with Crippen molar-refractivity contribution in [3.05, 3.63) is 88.9 Å². The van der Waals surface area contributed by atoms with E-state index in [9.17, 15) is 0 Å². The van der Waals surface area contributed by atoms with Crippen LogP contribution in [0.1, 0.15) is 77.3 Å². The Bertz CT molecular complexity index is 1840. The molecule has 0 amide bonds. The maximum Gasteiger partial charge on any atom is 0.0542 e. The van der Waals surface area contributed by atoms with Crippen LogP contribution in [0, 0.1) is 11.8 Å². The predicted molar refractivity (Wildman–Crippen MR) is 191 cm³/mol. The van der Waals surface area contributed by atoms with Crippen LogP contribution < -0.4 is 0 Å². The summed E-state index contributed by atoms with van der Waals surface area (Å²) in [7, 11) is 0. The molecule has 1 aliphatic rings. The van der Waals surface area contributed by atoms with Gasteiger partial charge in [-0.2, -0.15) is 0 Å². The van der Waals surface area contributed by atoms with Crippen LogP contribution in [0.4, 0.5) is 0 Å². The van der Waals surface area contributed by atoms with Crippen LogP contribution in [0.15, 0.2) is 82.6 Å². The van der Waals surface area contributed by atoms with Gasteiger partial charge in [0.1, 0.15) is 0 Å². The Morgan fingerprint density at radius 3 is 2.39 bits per heavy atom. The van der Waals surface area contributed by atoms with Crippen LogP contribution in [0.5, 0.6) is 0 Å². The standard InChI is InChI=1S/C38H40S3/c1-6-9-28-20-33-35(22-27(28)7-2)40-38-34-21-29-15-17-32(19-30(29)23-36(34)41-37(33)38)39-31-16-14-26(18-31)13-12-25(5)11-8-10-24(3)4/h6-7,9,14-17,19-25H,2,8,10-13,18H2,1,3-5H3/b9-6-. The van der Waals surface area contributed by atoms with Gasteiger partial charge >= 0.3 is 0 Å².